The molecule has 456 valence electrons. The van der Waals surface area contributed by atoms with Crippen molar-refractivity contribution >= 4 is 17.9 Å². The fraction of sp³-hybridized carbons (Fsp3) is 0.613. The van der Waals surface area contributed by atoms with Gasteiger partial charge in [-0.2, -0.15) is 0 Å². The first kappa shape index (κ1) is 76.0. The Hall–Kier alpha value is -4.97. The van der Waals surface area contributed by atoms with E-state index in [9.17, 15) is 14.4 Å². The van der Waals surface area contributed by atoms with Crippen LogP contribution in [0.15, 0.2) is 158 Å². The minimum atomic E-state index is -0.796. The first-order valence-electron chi connectivity index (χ1n) is 33.0. The van der Waals surface area contributed by atoms with E-state index in [-0.39, 0.29) is 31.1 Å². The number of esters is 3. The third-order valence-electron chi connectivity index (χ3n) is 13.5. The molecular weight excluding hydrogens is 997 g/mol. The summed E-state index contributed by atoms with van der Waals surface area (Å²) in [6.07, 6.45) is 98.4. The third kappa shape index (κ3) is 65.7. The lowest BCUT2D eigenvalue weighted by molar-refractivity contribution is -0.167. The molecule has 1 unspecified atom stereocenters. The highest BCUT2D eigenvalue weighted by molar-refractivity contribution is 5.71. The molecule has 0 amide bonds. The standard InChI is InChI=1S/C75H120O6/c1-4-7-10-13-16-18-20-22-24-26-28-30-32-34-36-37-39-40-42-44-46-48-50-52-54-56-59-62-65-68-74(77)80-71-72(70-79-73(76)67-64-61-58-15-12-9-6-3)81-75(78)69-66-63-60-57-55-53-51-49-47-45-43-41-38-35-33-31-29-27-25-23-21-19-17-14-11-8-5-2/h7-8,10-11,16-19,22-25,28-31,34-36,38-40,43,45,49,51,72H,4-6,9,12-15,20-21,26-27,32-33,37,41-42,44,46-48,50,52-71H2,1-3H3/b10-7-,11-8-,18-16-,19-17-,24-22-,25-23-,30-28-,31-29-,36-34-,38-35-,40-39-,45-43-,51-49-. The number of hydrogen-bond donors (Lipinski definition) is 0. The number of carbonyl (C=O) groups excluding carboxylic acids is 3. The van der Waals surface area contributed by atoms with Crippen LogP contribution in [0.3, 0.4) is 0 Å². The van der Waals surface area contributed by atoms with Crippen molar-refractivity contribution in [1.82, 2.24) is 0 Å². The first-order chi connectivity index (χ1) is 40.0. The summed E-state index contributed by atoms with van der Waals surface area (Å²) in [5.41, 5.74) is 0. The monoisotopic (exact) mass is 1120 g/mol. The Bertz CT molecular complexity index is 1810. The van der Waals surface area contributed by atoms with Gasteiger partial charge in [0.15, 0.2) is 6.10 Å². The lowest BCUT2D eigenvalue weighted by Gasteiger charge is -2.18. The van der Waals surface area contributed by atoms with Crippen LogP contribution in [-0.2, 0) is 28.6 Å². The van der Waals surface area contributed by atoms with Crippen molar-refractivity contribution in [1.29, 1.82) is 0 Å². The Balaban J connectivity index is 4.22. The number of carbonyl (C=O) groups is 3. The molecule has 0 heterocycles. The molecule has 0 saturated heterocycles. The Labute approximate surface area is 499 Å². The summed E-state index contributed by atoms with van der Waals surface area (Å²) < 4.78 is 16.8. The summed E-state index contributed by atoms with van der Waals surface area (Å²) in [5, 5.41) is 0. The number of rotatable bonds is 58. The SMILES string of the molecule is CC/C=C\C/C=C\C/C=C\C/C=C\C/C=C\C/C=C\C/C=C\CCCCCCCC(=O)OC(COC(=O)CCCCCCCCC)COC(=O)CCCCCCCCCCCC/C=C\C/C=C\C/C=C\C/C=C\C/C=C\C/C=C\CC. The zero-order valence-electron chi connectivity index (χ0n) is 52.2. The number of ether oxygens (including phenoxy) is 3. The van der Waals surface area contributed by atoms with Crippen LogP contribution in [0.5, 0.6) is 0 Å². The number of allylic oxidation sites excluding steroid dienone is 26. The molecule has 0 saturated carbocycles. The molecule has 0 bridgehead atoms. The molecule has 0 N–H and O–H groups in total. The second-order valence-corrected chi connectivity index (χ2v) is 21.3. The smallest absolute Gasteiger partial charge is 0.306 e. The van der Waals surface area contributed by atoms with Gasteiger partial charge in [-0.15, -0.1) is 0 Å². The molecule has 0 aromatic carbocycles. The van der Waals surface area contributed by atoms with Crippen LogP contribution in [0.1, 0.15) is 278 Å². The van der Waals surface area contributed by atoms with E-state index in [1.165, 1.54) is 77.0 Å². The van der Waals surface area contributed by atoms with Gasteiger partial charge in [0.25, 0.3) is 0 Å². The van der Waals surface area contributed by atoms with E-state index >= 15 is 0 Å². The molecule has 6 heteroatoms. The van der Waals surface area contributed by atoms with Crippen LogP contribution in [-0.4, -0.2) is 37.2 Å². The Morgan fingerprint density at radius 1 is 0.259 bits per heavy atom. The van der Waals surface area contributed by atoms with Gasteiger partial charge in [-0.05, 0) is 128 Å². The molecule has 0 aromatic heterocycles. The lowest BCUT2D eigenvalue weighted by Crippen LogP contribution is -2.30. The second-order valence-electron chi connectivity index (χ2n) is 21.3. The van der Waals surface area contributed by atoms with Crippen molar-refractivity contribution in [2.45, 2.75) is 284 Å². The van der Waals surface area contributed by atoms with Gasteiger partial charge in [0.1, 0.15) is 13.2 Å². The second kappa shape index (κ2) is 67.5. The van der Waals surface area contributed by atoms with Gasteiger partial charge in [0, 0.05) is 19.3 Å². The van der Waals surface area contributed by atoms with Crippen molar-refractivity contribution in [3.8, 4) is 0 Å². The summed E-state index contributed by atoms with van der Waals surface area (Å²) in [6.45, 7) is 6.35. The predicted molar refractivity (Wildman–Crippen MR) is 352 cm³/mol. The Morgan fingerprint density at radius 2 is 0.481 bits per heavy atom. The zero-order valence-corrected chi connectivity index (χ0v) is 52.2. The predicted octanol–water partition coefficient (Wildman–Crippen LogP) is 22.9. The maximum atomic E-state index is 12.9. The number of hydrogen-bond acceptors (Lipinski definition) is 6. The quantitative estimate of drug-likeness (QED) is 0.0261. The maximum absolute atomic E-state index is 12.9. The van der Waals surface area contributed by atoms with Gasteiger partial charge in [0.2, 0.25) is 0 Å². The van der Waals surface area contributed by atoms with Crippen LogP contribution >= 0.6 is 0 Å². The van der Waals surface area contributed by atoms with Crippen LogP contribution < -0.4 is 0 Å². The molecule has 1 atom stereocenters. The molecule has 0 fully saturated rings. The van der Waals surface area contributed by atoms with Gasteiger partial charge in [0.05, 0.1) is 0 Å². The summed E-state index contributed by atoms with van der Waals surface area (Å²) >= 11 is 0. The molecule has 0 aliphatic carbocycles. The van der Waals surface area contributed by atoms with Gasteiger partial charge in [-0.1, -0.05) is 288 Å². The van der Waals surface area contributed by atoms with Crippen LogP contribution in [0.25, 0.3) is 0 Å². The maximum Gasteiger partial charge on any atom is 0.306 e. The summed E-state index contributed by atoms with van der Waals surface area (Å²) in [6, 6.07) is 0. The molecule has 0 rings (SSSR count). The molecule has 0 aromatic rings. The minimum absolute atomic E-state index is 0.0918. The van der Waals surface area contributed by atoms with E-state index in [4.69, 9.17) is 14.2 Å². The van der Waals surface area contributed by atoms with E-state index in [1.807, 2.05) is 0 Å². The van der Waals surface area contributed by atoms with Crippen molar-refractivity contribution in [2.24, 2.45) is 0 Å². The highest BCUT2D eigenvalue weighted by Gasteiger charge is 2.19. The van der Waals surface area contributed by atoms with E-state index in [2.05, 4.69) is 179 Å². The third-order valence-corrected chi connectivity index (χ3v) is 13.5. The van der Waals surface area contributed by atoms with Crippen molar-refractivity contribution in [2.75, 3.05) is 13.2 Å². The molecule has 0 radical (unpaired) electrons. The summed E-state index contributed by atoms with van der Waals surface area (Å²) in [5.74, 6) is -0.924. The van der Waals surface area contributed by atoms with E-state index in [1.54, 1.807) is 0 Å². The fourth-order valence-electron chi connectivity index (χ4n) is 8.66. The topological polar surface area (TPSA) is 78.9 Å². The van der Waals surface area contributed by atoms with Crippen LogP contribution in [0, 0.1) is 0 Å². The molecule has 6 nitrogen and oxygen atoms in total. The normalized spacial score (nSPS) is 13.2. The minimum Gasteiger partial charge on any atom is -0.462 e. The summed E-state index contributed by atoms with van der Waals surface area (Å²) in [7, 11) is 0. The van der Waals surface area contributed by atoms with Crippen LogP contribution in [0.2, 0.25) is 0 Å². The van der Waals surface area contributed by atoms with Crippen molar-refractivity contribution in [3.05, 3.63) is 158 Å². The van der Waals surface area contributed by atoms with Crippen molar-refractivity contribution in [3.63, 3.8) is 0 Å². The van der Waals surface area contributed by atoms with E-state index < -0.39 is 6.10 Å². The molecule has 0 spiro atoms. The fourth-order valence-corrected chi connectivity index (χ4v) is 8.66. The van der Waals surface area contributed by atoms with Gasteiger partial charge in [-0.3, -0.25) is 14.4 Å². The lowest BCUT2D eigenvalue weighted by atomic mass is 10.1. The average Bonchev–Trinajstić information content (AvgIpc) is 3.46. The molecule has 81 heavy (non-hydrogen) atoms. The van der Waals surface area contributed by atoms with E-state index in [0.29, 0.717) is 19.3 Å². The average molecular weight is 1120 g/mol. The Kier molecular flexibility index (Phi) is 63.4. The van der Waals surface area contributed by atoms with Gasteiger partial charge < -0.3 is 14.2 Å². The molecular formula is C75H120O6. The first-order valence-corrected chi connectivity index (χ1v) is 33.0. The van der Waals surface area contributed by atoms with Crippen LogP contribution in [0.4, 0.5) is 0 Å². The molecule has 0 aliphatic heterocycles. The summed E-state index contributed by atoms with van der Waals surface area (Å²) in [4.78, 5) is 38.1. The highest BCUT2D eigenvalue weighted by atomic mass is 16.6. The van der Waals surface area contributed by atoms with Gasteiger partial charge in [-0.25, -0.2) is 0 Å². The zero-order chi connectivity index (χ0) is 58.5. The largest absolute Gasteiger partial charge is 0.462 e. The van der Waals surface area contributed by atoms with Crippen molar-refractivity contribution < 1.29 is 28.6 Å². The highest BCUT2D eigenvalue weighted by Crippen LogP contribution is 2.15. The van der Waals surface area contributed by atoms with E-state index in [0.717, 1.165) is 161 Å². The molecule has 0 aliphatic rings. The Morgan fingerprint density at radius 3 is 0.753 bits per heavy atom. The number of unbranched alkanes of at least 4 members (excludes halogenated alkanes) is 21. The van der Waals surface area contributed by atoms with Gasteiger partial charge >= 0.3 is 17.9 Å².